The molecule has 8 atom stereocenters. The molecule has 0 radical (unpaired) electrons. The molecule has 0 aromatic rings. The third-order valence-electron chi connectivity index (χ3n) is 15.4. The summed E-state index contributed by atoms with van der Waals surface area (Å²) in [5, 5.41) is 0. The van der Waals surface area contributed by atoms with Gasteiger partial charge in [0.05, 0.1) is 12.0 Å². The number of ketones is 1. The number of esters is 1. The molecule has 5 heteroatoms. The van der Waals surface area contributed by atoms with E-state index < -0.39 is 0 Å². The summed E-state index contributed by atoms with van der Waals surface area (Å²) < 4.78 is 5.96. The molecule has 5 nitrogen and oxygen atoms in total. The highest BCUT2D eigenvalue weighted by Gasteiger charge is 2.70. The number of carbonyl (C=O) groups is 2. The summed E-state index contributed by atoms with van der Waals surface area (Å²) in [6.07, 6.45) is 11.6. The molecular weight excluding hydrogens is 532 g/mol. The summed E-state index contributed by atoms with van der Waals surface area (Å²) in [6.45, 7) is 23.9. The fourth-order valence-corrected chi connectivity index (χ4v) is 12.8. The fraction of sp³-hybridized carbons (Fsp3) is 0.895. The van der Waals surface area contributed by atoms with Gasteiger partial charge < -0.3 is 9.64 Å². The Labute approximate surface area is 262 Å². The highest BCUT2D eigenvalue weighted by atomic mass is 16.5. The molecule has 8 unspecified atom stereocenters. The zero-order valence-corrected chi connectivity index (χ0v) is 29.1. The van der Waals surface area contributed by atoms with E-state index in [0.717, 1.165) is 58.3 Å². The van der Waals surface area contributed by atoms with Gasteiger partial charge in [0.25, 0.3) is 0 Å². The van der Waals surface area contributed by atoms with Crippen LogP contribution in [0.3, 0.4) is 0 Å². The second-order valence-corrected chi connectivity index (χ2v) is 17.8. The zero-order valence-electron chi connectivity index (χ0n) is 29.1. The van der Waals surface area contributed by atoms with E-state index in [2.05, 4.69) is 65.3 Å². The number of hydrogen-bond acceptors (Lipinski definition) is 5. The quantitative estimate of drug-likeness (QED) is 0.243. The van der Waals surface area contributed by atoms with Crippen molar-refractivity contribution in [2.45, 2.75) is 126 Å². The number of piperazine rings is 1. The summed E-state index contributed by atoms with van der Waals surface area (Å²) in [5.41, 5.74) is 3.80. The minimum absolute atomic E-state index is 0.00601. The molecule has 43 heavy (non-hydrogen) atoms. The first-order valence-electron chi connectivity index (χ1n) is 17.9. The van der Waals surface area contributed by atoms with Gasteiger partial charge in [0.2, 0.25) is 0 Å². The topological polar surface area (TPSA) is 49.9 Å². The molecule has 0 spiro atoms. The molecule has 1 saturated heterocycles. The number of Topliss-reactive ketones (excluding diaryl/α,β-unsaturated/α-hetero) is 1. The van der Waals surface area contributed by atoms with E-state index in [1.165, 1.54) is 32.1 Å². The zero-order chi connectivity index (χ0) is 31.2. The molecule has 0 amide bonds. The molecule has 1 aliphatic heterocycles. The first-order valence-corrected chi connectivity index (χ1v) is 17.9. The lowest BCUT2D eigenvalue weighted by atomic mass is 9.33. The molecule has 6 rings (SSSR count). The van der Waals surface area contributed by atoms with Gasteiger partial charge >= 0.3 is 5.97 Å². The van der Waals surface area contributed by atoms with Gasteiger partial charge in [-0.15, -0.1) is 0 Å². The SMILES string of the molecule is CC(=O)OC1CCC2(C)C(CCC3(C)C2CCC2C4=C(C(C)C)CCC4(C(=O)CN4CCN(C)CC4)CCC23C)C1(C)C. The summed E-state index contributed by atoms with van der Waals surface area (Å²) in [7, 11) is 2.20. The molecule has 5 aliphatic carbocycles. The number of hydrogen-bond donors (Lipinski definition) is 0. The third kappa shape index (κ3) is 4.58. The number of ether oxygens (including phenoxy) is 1. The van der Waals surface area contributed by atoms with Gasteiger partial charge in [-0.05, 0) is 111 Å². The number of rotatable bonds is 5. The van der Waals surface area contributed by atoms with Crippen LogP contribution >= 0.6 is 0 Å². The molecule has 0 aromatic carbocycles. The molecule has 0 N–H and O–H groups in total. The maximum absolute atomic E-state index is 14.6. The van der Waals surface area contributed by atoms with Gasteiger partial charge in [0, 0.05) is 38.5 Å². The van der Waals surface area contributed by atoms with Gasteiger partial charge in [-0.3, -0.25) is 14.5 Å². The van der Waals surface area contributed by atoms with Crippen molar-refractivity contribution in [3.63, 3.8) is 0 Å². The van der Waals surface area contributed by atoms with Crippen molar-refractivity contribution in [1.82, 2.24) is 9.80 Å². The highest BCUT2D eigenvalue weighted by molar-refractivity contribution is 5.91. The van der Waals surface area contributed by atoms with E-state index in [9.17, 15) is 9.59 Å². The van der Waals surface area contributed by atoms with Gasteiger partial charge in [0.15, 0.2) is 5.78 Å². The van der Waals surface area contributed by atoms with E-state index >= 15 is 0 Å². The van der Waals surface area contributed by atoms with Crippen LogP contribution in [0.2, 0.25) is 0 Å². The van der Waals surface area contributed by atoms with Crippen molar-refractivity contribution >= 4 is 11.8 Å². The van der Waals surface area contributed by atoms with Crippen molar-refractivity contribution < 1.29 is 14.3 Å². The van der Waals surface area contributed by atoms with Crippen LogP contribution in [-0.4, -0.2) is 67.4 Å². The van der Waals surface area contributed by atoms with Crippen LogP contribution < -0.4 is 0 Å². The molecule has 1 heterocycles. The fourth-order valence-electron chi connectivity index (χ4n) is 12.8. The Hall–Kier alpha value is -1.20. The predicted molar refractivity (Wildman–Crippen MR) is 174 cm³/mol. The van der Waals surface area contributed by atoms with Crippen molar-refractivity contribution in [3.8, 4) is 0 Å². The predicted octanol–water partition coefficient (Wildman–Crippen LogP) is 7.54. The lowest BCUT2D eigenvalue weighted by Crippen LogP contribution is -2.66. The lowest BCUT2D eigenvalue weighted by molar-refractivity contribution is -0.232. The van der Waals surface area contributed by atoms with E-state index in [1.807, 2.05) is 0 Å². The molecular formula is C38H62N2O3. The van der Waals surface area contributed by atoms with E-state index in [4.69, 9.17) is 4.74 Å². The molecule has 0 bridgehead atoms. The summed E-state index contributed by atoms with van der Waals surface area (Å²) >= 11 is 0. The van der Waals surface area contributed by atoms with Gasteiger partial charge in [-0.1, -0.05) is 59.6 Å². The van der Waals surface area contributed by atoms with Crippen LogP contribution in [-0.2, 0) is 14.3 Å². The number of likely N-dealkylation sites (N-methyl/N-ethyl adjacent to an activating group) is 1. The van der Waals surface area contributed by atoms with Crippen LogP contribution in [0.25, 0.3) is 0 Å². The minimum atomic E-state index is -0.221. The van der Waals surface area contributed by atoms with Crippen LogP contribution in [0.1, 0.15) is 120 Å². The van der Waals surface area contributed by atoms with Crippen molar-refractivity contribution in [2.75, 3.05) is 39.8 Å². The molecule has 242 valence electrons. The van der Waals surface area contributed by atoms with Crippen molar-refractivity contribution in [3.05, 3.63) is 11.1 Å². The van der Waals surface area contributed by atoms with E-state index in [-0.39, 0.29) is 39.1 Å². The van der Waals surface area contributed by atoms with E-state index in [0.29, 0.717) is 36.0 Å². The Kier molecular flexibility index (Phi) is 7.89. The number of nitrogens with zero attached hydrogens (tertiary/aromatic N) is 2. The molecule has 0 aromatic heterocycles. The van der Waals surface area contributed by atoms with Crippen LogP contribution in [0.5, 0.6) is 0 Å². The highest BCUT2D eigenvalue weighted by Crippen LogP contribution is 2.77. The number of allylic oxidation sites excluding steroid dienone is 2. The minimum Gasteiger partial charge on any atom is -0.462 e. The maximum atomic E-state index is 14.6. The summed E-state index contributed by atoms with van der Waals surface area (Å²) in [4.78, 5) is 31.4. The molecule has 4 saturated carbocycles. The maximum Gasteiger partial charge on any atom is 0.302 e. The third-order valence-corrected chi connectivity index (χ3v) is 15.4. The van der Waals surface area contributed by atoms with Gasteiger partial charge in [-0.25, -0.2) is 0 Å². The van der Waals surface area contributed by atoms with Gasteiger partial charge in [-0.2, -0.15) is 0 Å². The Morgan fingerprint density at radius 1 is 0.837 bits per heavy atom. The monoisotopic (exact) mass is 594 g/mol. The molecule has 5 fully saturated rings. The smallest absolute Gasteiger partial charge is 0.302 e. The number of fused-ring (bicyclic) bond motifs is 7. The largest absolute Gasteiger partial charge is 0.462 e. The second kappa shape index (κ2) is 10.7. The Morgan fingerprint density at radius 3 is 2.19 bits per heavy atom. The Bertz CT molecular complexity index is 1170. The summed E-state index contributed by atoms with van der Waals surface area (Å²) in [5.74, 6) is 2.71. The van der Waals surface area contributed by atoms with Crippen molar-refractivity contribution in [2.24, 2.45) is 50.7 Å². The Balaban J connectivity index is 1.33. The normalized spacial score (nSPS) is 44.8. The average molecular weight is 595 g/mol. The second-order valence-electron chi connectivity index (χ2n) is 17.8. The van der Waals surface area contributed by atoms with Gasteiger partial charge in [0.1, 0.15) is 6.10 Å². The van der Waals surface area contributed by atoms with E-state index in [1.54, 1.807) is 18.1 Å². The average Bonchev–Trinajstić information content (AvgIpc) is 3.33. The van der Waals surface area contributed by atoms with Crippen LogP contribution in [0.4, 0.5) is 0 Å². The number of carbonyl (C=O) groups excluding carboxylic acids is 2. The van der Waals surface area contributed by atoms with Crippen LogP contribution in [0.15, 0.2) is 11.1 Å². The van der Waals surface area contributed by atoms with Crippen molar-refractivity contribution in [1.29, 1.82) is 0 Å². The Morgan fingerprint density at radius 2 is 1.53 bits per heavy atom. The first kappa shape index (κ1) is 31.8. The lowest BCUT2D eigenvalue weighted by Gasteiger charge is -2.72. The first-order chi connectivity index (χ1) is 20.1. The summed E-state index contributed by atoms with van der Waals surface area (Å²) in [6, 6.07) is 0. The molecule has 6 aliphatic rings. The standard InChI is InChI=1S/C38H62N2O3/c1-25(2)27-12-17-38(31(42)24-40-22-20-39(9)21-23-40)19-18-36(7)28(33(27)38)10-11-30-35(6)15-14-32(43-26(3)41)34(4,5)29(35)13-16-37(30,36)8/h25,28-30,32H,10-24H2,1-9H3. The van der Waals surface area contributed by atoms with Crippen LogP contribution in [0, 0.1) is 50.7 Å².